The topological polar surface area (TPSA) is 80.5 Å². The molecule has 0 bridgehead atoms. The van der Waals surface area contributed by atoms with Gasteiger partial charge in [0.15, 0.2) is 0 Å². The molecule has 0 N–H and O–H groups in total. The van der Waals surface area contributed by atoms with E-state index < -0.39 is 15.6 Å². The Kier molecular flexibility index (Phi) is 4.25. The Hall–Kier alpha value is -2.09. The van der Waals surface area contributed by atoms with Crippen molar-refractivity contribution < 1.29 is 12.8 Å². The molecule has 0 aliphatic heterocycles. The molecule has 0 radical (unpaired) electrons. The molecule has 0 spiro atoms. The molecule has 3 aromatic rings. The quantitative estimate of drug-likeness (QED) is 0.691. The summed E-state index contributed by atoms with van der Waals surface area (Å²) in [4.78, 5) is 16.0. The molecule has 0 amide bonds. The van der Waals surface area contributed by atoms with Crippen LogP contribution in [0.15, 0.2) is 56.6 Å². The number of anilines is 1. The number of para-hydroxylation sites is 1. The lowest BCUT2D eigenvalue weighted by Crippen LogP contribution is -2.28. The van der Waals surface area contributed by atoms with Crippen molar-refractivity contribution in [3.8, 4) is 0 Å². The van der Waals surface area contributed by atoms with Crippen molar-refractivity contribution in [1.29, 1.82) is 0 Å². The van der Waals surface area contributed by atoms with Crippen molar-refractivity contribution in [1.82, 2.24) is 4.98 Å². The van der Waals surface area contributed by atoms with Crippen LogP contribution in [-0.2, 0) is 10.0 Å². The first-order chi connectivity index (χ1) is 11.3. The van der Waals surface area contributed by atoms with E-state index in [1.807, 2.05) is 0 Å². The molecule has 1 heterocycles. The van der Waals surface area contributed by atoms with E-state index in [4.69, 9.17) is 27.6 Å². The third-order valence-corrected chi connectivity index (χ3v) is 5.81. The lowest BCUT2D eigenvalue weighted by atomic mass is 10.2. The molecule has 0 fully saturated rings. The number of rotatable bonds is 3. The maximum atomic E-state index is 12.7. The van der Waals surface area contributed by atoms with Crippen molar-refractivity contribution in [2.75, 3.05) is 11.4 Å². The molecule has 0 saturated carbocycles. The predicted octanol–water partition coefficient (Wildman–Crippen LogP) is 3.32. The summed E-state index contributed by atoms with van der Waals surface area (Å²) in [6.07, 6.45) is 0. The Morgan fingerprint density at radius 1 is 1.08 bits per heavy atom. The van der Waals surface area contributed by atoms with Crippen LogP contribution < -0.4 is 9.93 Å². The van der Waals surface area contributed by atoms with E-state index in [-0.39, 0.29) is 26.3 Å². The molecule has 0 aliphatic carbocycles. The number of benzene rings is 2. The first-order valence-corrected chi connectivity index (χ1v) is 8.84. The van der Waals surface area contributed by atoms with Gasteiger partial charge < -0.3 is 4.42 Å². The summed E-state index contributed by atoms with van der Waals surface area (Å²) in [6, 6.07) is 10.0. The van der Waals surface area contributed by atoms with Gasteiger partial charge in [0, 0.05) is 7.05 Å². The van der Waals surface area contributed by atoms with E-state index >= 15 is 0 Å². The minimum atomic E-state index is -4.02. The largest absolute Gasteiger partial charge is 0.388 e. The molecule has 1 aromatic heterocycles. The van der Waals surface area contributed by atoms with Crippen LogP contribution in [0.3, 0.4) is 0 Å². The fraction of sp³-hybridized carbons (Fsp3) is 0.0667. The molecule has 2 aromatic carbocycles. The second kappa shape index (κ2) is 6.08. The molecule has 6 nitrogen and oxygen atoms in total. The van der Waals surface area contributed by atoms with Gasteiger partial charge in [-0.3, -0.25) is 0 Å². The van der Waals surface area contributed by atoms with Crippen LogP contribution in [-0.4, -0.2) is 20.4 Å². The molecule has 3 rings (SSSR count). The minimum Gasteiger partial charge on any atom is -0.388 e. The normalized spacial score (nSPS) is 11.6. The molecule has 0 saturated heterocycles. The van der Waals surface area contributed by atoms with Gasteiger partial charge in [-0.25, -0.2) is 17.5 Å². The molecular weight excluding hydrogens is 375 g/mol. The first kappa shape index (κ1) is 16.8. The van der Waals surface area contributed by atoms with Crippen molar-refractivity contribution in [3.05, 3.63) is 62.9 Å². The highest BCUT2D eigenvalue weighted by Gasteiger charge is 2.25. The zero-order valence-electron chi connectivity index (χ0n) is 12.2. The van der Waals surface area contributed by atoms with Gasteiger partial charge in [0.25, 0.3) is 10.0 Å². The first-order valence-electron chi connectivity index (χ1n) is 6.64. The van der Waals surface area contributed by atoms with Crippen molar-refractivity contribution in [2.24, 2.45) is 0 Å². The van der Waals surface area contributed by atoms with Gasteiger partial charge in [-0.1, -0.05) is 35.3 Å². The van der Waals surface area contributed by atoms with Crippen LogP contribution in [0.5, 0.6) is 0 Å². The minimum absolute atomic E-state index is 0.0964. The molecular formula is C15H10Cl2N2O4S. The lowest BCUT2D eigenvalue weighted by molar-refractivity contribution is 0.505. The molecule has 9 heteroatoms. The maximum Gasteiger partial charge on any atom is 0.348 e. The molecule has 124 valence electrons. The van der Waals surface area contributed by atoms with E-state index in [2.05, 4.69) is 4.98 Å². The Bertz CT molecular complexity index is 1100. The molecule has 0 aliphatic rings. The number of fused-ring (bicyclic) bond motifs is 1. The van der Waals surface area contributed by atoms with Gasteiger partial charge in [0.05, 0.1) is 25.8 Å². The van der Waals surface area contributed by atoms with Crippen molar-refractivity contribution >= 4 is 50.1 Å². The summed E-state index contributed by atoms with van der Waals surface area (Å²) in [5.74, 6) is 0. The van der Waals surface area contributed by atoms with E-state index in [0.717, 1.165) is 4.31 Å². The van der Waals surface area contributed by atoms with E-state index in [9.17, 15) is 13.2 Å². The summed E-state index contributed by atoms with van der Waals surface area (Å²) in [6.45, 7) is 0. The zero-order valence-corrected chi connectivity index (χ0v) is 14.6. The number of aromatic nitrogens is 1. The molecule has 0 atom stereocenters. The zero-order chi connectivity index (χ0) is 17.5. The van der Waals surface area contributed by atoms with Crippen LogP contribution in [0, 0.1) is 0 Å². The van der Waals surface area contributed by atoms with Crippen LogP contribution >= 0.6 is 23.2 Å². The number of halogens is 2. The average molecular weight is 385 g/mol. The Morgan fingerprint density at radius 3 is 2.50 bits per heavy atom. The lowest BCUT2D eigenvalue weighted by Gasteiger charge is -2.17. The Balaban J connectivity index is 2.12. The second-order valence-electron chi connectivity index (χ2n) is 4.85. The number of sulfonamides is 1. The van der Waals surface area contributed by atoms with Gasteiger partial charge >= 0.3 is 11.6 Å². The van der Waals surface area contributed by atoms with Crippen molar-refractivity contribution in [3.63, 3.8) is 0 Å². The SMILES string of the molecule is CN(c1nc2ccccc2c(=O)o1)S(=O)(=O)c1ccc(Cl)c(Cl)c1. The summed E-state index contributed by atoms with van der Waals surface area (Å²) >= 11 is 11.7. The molecule has 24 heavy (non-hydrogen) atoms. The van der Waals surface area contributed by atoms with E-state index in [1.54, 1.807) is 24.3 Å². The fourth-order valence-electron chi connectivity index (χ4n) is 2.04. The van der Waals surface area contributed by atoms with Gasteiger partial charge in [-0.2, -0.15) is 4.98 Å². The van der Waals surface area contributed by atoms with Crippen LogP contribution in [0.25, 0.3) is 10.9 Å². The Labute approximate surface area is 147 Å². The standard InChI is InChI=1S/C15H10Cl2N2O4S/c1-19(24(21,22)9-6-7-11(16)12(17)8-9)15-18-13-5-3-2-4-10(13)14(20)23-15/h2-8H,1H3. The summed E-state index contributed by atoms with van der Waals surface area (Å²) in [5, 5.41) is 0.592. The van der Waals surface area contributed by atoms with Gasteiger partial charge in [0.1, 0.15) is 0 Å². The van der Waals surface area contributed by atoms with Crippen LogP contribution in [0.2, 0.25) is 10.0 Å². The van der Waals surface area contributed by atoms with Crippen LogP contribution in [0.1, 0.15) is 0 Å². The number of nitrogens with zero attached hydrogens (tertiary/aromatic N) is 2. The third kappa shape index (κ3) is 2.86. The highest BCUT2D eigenvalue weighted by atomic mass is 35.5. The van der Waals surface area contributed by atoms with Gasteiger partial charge in [0.2, 0.25) is 0 Å². The van der Waals surface area contributed by atoms with Crippen LogP contribution in [0.4, 0.5) is 6.01 Å². The average Bonchev–Trinajstić information content (AvgIpc) is 2.56. The van der Waals surface area contributed by atoms with Gasteiger partial charge in [-0.15, -0.1) is 0 Å². The summed E-state index contributed by atoms with van der Waals surface area (Å²) in [5.41, 5.74) is -0.341. The second-order valence-corrected chi connectivity index (χ2v) is 7.63. The maximum absolute atomic E-state index is 12.7. The monoisotopic (exact) mass is 384 g/mol. The summed E-state index contributed by atoms with van der Waals surface area (Å²) < 4.78 is 31.1. The predicted molar refractivity (Wildman–Crippen MR) is 92.3 cm³/mol. The smallest absolute Gasteiger partial charge is 0.348 e. The number of hydrogen-bond acceptors (Lipinski definition) is 5. The summed E-state index contributed by atoms with van der Waals surface area (Å²) in [7, 11) is -2.79. The highest BCUT2D eigenvalue weighted by molar-refractivity contribution is 7.92. The fourth-order valence-corrected chi connectivity index (χ4v) is 3.51. The van der Waals surface area contributed by atoms with Gasteiger partial charge in [-0.05, 0) is 30.3 Å². The molecule has 0 unspecified atom stereocenters. The number of hydrogen-bond donors (Lipinski definition) is 0. The Morgan fingerprint density at radius 2 is 1.79 bits per heavy atom. The van der Waals surface area contributed by atoms with E-state index in [1.165, 1.54) is 25.2 Å². The highest BCUT2D eigenvalue weighted by Crippen LogP contribution is 2.27. The third-order valence-electron chi connectivity index (χ3n) is 3.34. The van der Waals surface area contributed by atoms with Crippen molar-refractivity contribution in [2.45, 2.75) is 4.90 Å². The van der Waals surface area contributed by atoms with E-state index in [0.29, 0.717) is 5.52 Å².